The second kappa shape index (κ2) is 5.04. The molecule has 19 heavy (non-hydrogen) atoms. The van der Waals surface area contributed by atoms with Crippen LogP contribution in [0.3, 0.4) is 0 Å². The molecule has 0 heterocycles. The molecule has 0 spiro atoms. The van der Waals surface area contributed by atoms with Gasteiger partial charge in [0, 0.05) is 0 Å². The topological polar surface area (TPSA) is 35.2 Å². The lowest BCUT2D eigenvalue weighted by molar-refractivity contribution is -0.149. The highest BCUT2D eigenvalue weighted by atomic mass is 19.4. The van der Waals surface area contributed by atoms with Crippen LogP contribution in [0.2, 0.25) is 0 Å². The molecule has 2 N–H and O–H groups in total. The van der Waals surface area contributed by atoms with Crippen molar-refractivity contribution < 1.29 is 17.9 Å². The molecule has 0 bridgehead atoms. The van der Waals surface area contributed by atoms with Gasteiger partial charge in [0.25, 0.3) is 0 Å². The van der Waals surface area contributed by atoms with E-state index in [1.165, 1.54) is 13.2 Å². The third-order valence-electron chi connectivity index (χ3n) is 3.08. The monoisotopic (exact) mass is 275 g/mol. The lowest BCUT2D eigenvalue weighted by Gasteiger charge is -2.26. The van der Waals surface area contributed by atoms with Gasteiger partial charge in [0.1, 0.15) is 11.8 Å². The van der Waals surface area contributed by atoms with Crippen molar-refractivity contribution in [1.29, 1.82) is 0 Å². The zero-order valence-corrected chi connectivity index (χ0v) is 11.9. The molecule has 1 aromatic rings. The van der Waals surface area contributed by atoms with Gasteiger partial charge in [-0.2, -0.15) is 13.2 Å². The number of halogens is 3. The molecule has 0 aliphatic rings. The molecule has 0 aromatic heterocycles. The normalized spacial score (nSPS) is 14.4. The molecule has 1 unspecified atom stereocenters. The molecule has 1 atom stereocenters. The molecule has 0 amide bonds. The van der Waals surface area contributed by atoms with Gasteiger partial charge in [-0.1, -0.05) is 20.8 Å². The average molecular weight is 275 g/mol. The zero-order valence-electron chi connectivity index (χ0n) is 11.9. The third kappa shape index (κ3) is 3.41. The average Bonchev–Trinajstić information content (AvgIpc) is 2.24. The Bertz CT molecular complexity index is 461. The number of hydrogen-bond acceptors (Lipinski definition) is 2. The quantitative estimate of drug-likeness (QED) is 0.889. The van der Waals surface area contributed by atoms with Crippen LogP contribution in [0.25, 0.3) is 0 Å². The summed E-state index contributed by atoms with van der Waals surface area (Å²) in [6, 6.07) is 1.15. The smallest absolute Gasteiger partial charge is 0.407 e. The van der Waals surface area contributed by atoms with Gasteiger partial charge in [-0.05, 0) is 41.2 Å². The van der Waals surface area contributed by atoms with Crippen LogP contribution >= 0.6 is 0 Å². The van der Waals surface area contributed by atoms with Crippen molar-refractivity contribution in [1.82, 2.24) is 0 Å². The van der Waals surface area contributed by atoms with E-state index in [-0.39, 0.29) is 11.0 Å². The predicted octanol–water partition coefficient (Wildman–Crippen LogP) is 3.86. The summed E-state index contributed by atoms with van der Waals surface area (Å²) in [7, 11) is 1.51. The number of ether oxygens (including phenoxy) is 1. The van der Waals surface area contributed by atoms with Crippen molar-refractivity contribution in [2.45, 2.75) is 45.3 Å². The Kier molecular flexibility index (Phi) is 4.20. The maximum absolute atomic E-state index is 12.8. The molecular formula is C14H20F3NO. The van der Waals surface area contributed by atoms with Gasteiger partial charge >= 0.3 is 6.18 Å². The van der Waals surface area contributed by atoms with E-state index in [2.05, 4.69) is 0 Å². The molecule has 0 aliphatic heterocycles. The summed E-state index contributed by atoms with van der Waals surface area (Å²) < 4.78 is 43.6. The molecule has 0 aliphatic carbocycles. The van der Waals surface area contributed by atoms with Crippen molar-refractivity contribution in [3.63, 3.8) is 0 Å². The standard InChI is InChI=1S/C14H20F3NO/c1-8-6-11(19-5)10(13(2,3)4)7-9(8)12(18)14(15,16)17/h6-7,12H,18H2,1-5H3. The first kappa shape index (κ1) is 15.8. The zero-order chi connectivity index (χ0) is 15.0. The summed E-state index contributed by atoms with van der Waals surface area (Å²) >= 11 is 0. The predicted molar refractivity (Wildman–Crippen MR) is 69.4 cm³/mol. The largest absolute Gasteiger partial charge is 0.496 e. The summed E-state index contributed by atoms with van der Waals surface area (Å²) in [5, 5.41) is 0. The lowest BCUT2D eigenvalue weighted by atomic mass is 9.83. The fourth-order valence-electron chi connectivity index (χ4n) is 1.96. The molecule has 1 rings (SSSR count). The van der Waals surface area contributed by atoms with Crippen LogP contribution < -0.4 is 10.5 Å². The van der Waals surface area contributed by atoms with Crippen molar-refractivity contribution in [2.75, 3.05) is 7.11 Å². The second-order valence-electron chi connectivity index (χ2n) is 5.68. The minimum absolute atomic E-state index is 0.0956. The Balaban J connectivity index is 3.44. The molecule has 0 saturated carbocycles. The number of methoxy groups -OCH3 is 1. The second-order valence-corrected chi connectivity index (χ2v) is 5.68. The van der Waals surface area contributed by atoms with Gasteiger partial charge in [-0.15, -0.1) is 0 Å². The molecule has 2 nitrogen and oxygen atoms in total. The van der Waals surface area contributed by atoms with E-state index in [0.29, 0.717) is 11.3 Å². The lowest BCUT2D eigenvalue weighted by Crippen LogP contribution is -2.29. The van der Waals surface area contributed by atoms with Crippen molar-refractivity contribution in [3.05, 3.63) is 28.8 Å². The molecule has 1 aromatic carbocycles. The van der Waals surface area contributed by atoms with E-state index in [9.17, 15) is 13.2 Å². The molecular weight excluding hydrogens is 255 g/mol. The number of alkyl halides is 3. The van der Waals surface area contributed by atoms with Crippen LogP contribution in [0.15, 0.2) is 12.1 Å². The van der Waals surface area contributed by atoms with Gasteiger partial charge < -0.3 is 10.5 Å². The first-order valence-electron chi connectivity index (χ1n) is 5.99. The first-order chi connectivity index (χ1) is 8.48. The summed E-state index contributed by atoms with van der Waals surface area (Å²) in [6.07, 6.45) is -4.45. The highest BCUT2D eigenvalue weighted by molar-refractivity contribution is 5.47. The van der Waals surface area contributed by atoms with E-state index in [1.807, 2.05) is 20.8 Å². The number of benzene rings is 1. The number of nitrogens with two attached hydrogens (primary N) is 1. The number of aryl methyl sites for hydroxylation is 1. The fraction of sp³-hybridized carbons (Fsp3) is 0.571. The minimum Gasteiger partial charge on any atom is -0.496 e. The number of hydrogen-bond donors (Lipinski definition) is 1. The Morgan fingerprint density at radius 3 is 2.05 bits per heavy atom. The van der Waals surface area contributed by atoms with E-state index < -0.39 is 12.2 Å². The van der Waals surface area contributed by atoms with Gasteiger partial charge in [0.15, 0.2) is 0 Å². The fourth-order valence-corrected chi connectivity index (χ4v) is 1.96. The van der Waals surface area contributed by atoms with Crippen LogP contribution in [0.4, 0.5) is 13.2 Å². The van der Waals surface area contributed by atoms with E-state index in [0.717, 1.165) is 5.56 Å². The molecule has 0 radical (unpaired) electrons. The molecule has 5 heteroatoms. The maximum Gasteiger partial charge on any atom is 0.407 e. The molecule has 0 fully saturated rings. The van der Waals surface area contributed by atoms with Crippen molar-refractivity contribution in [3.8, 4) is 5.75 Å². The van der Waals surface area contributed by atoms with Gasteiger partial charge in [0.05, 0.1) is 7.11 Å². The molecule has 0 saturated heterocycles. The first-order valence-corrected chi connectivity index (χ1v) is 5.99. The van der Waals surface area contributed by atoms with E-state index in [1.54, 1.807) is 13.0 Å². The third-order valence-corrected chi connectivity index (χ3v) is 3.08. The highest BCUT2D eigenvalue weighted by Gasteiger charge is 2.39. The van der Waals surface area contributed by atoms with Crippen LogP contribution in [0, 0.1) is 6.92 Å². The van der Waals surface area contributed by atoms with Crippen LogP contribution in [0.1, 0.15) is 43.5 Å². The Hall–Kier alpha value is -1.23. The van der Waals surface area contributed by atoms with E-state index >= 15 is 0 Å². The maximum atomic E-state index is 12.8. The Morgan fingerprint density at radius 1 is 1.16 bits per heavy atom. The van der Waals surface area contributed by atoms with Crippen molar-refractivity contribution >= 4 is 0 Å². The summed E-state index contributed by atoms with van der Waals surface area (Å²) in [6.45, 7) is 7.37. The van der Waals surface area contributed by atoms with Crippen LogP contribution in [0.5, 0.6) is 5.75 Å². The summed E-state index contributed by atoms with van der Waals surface area (Å²) in [4.78, 5) is 0. The van der Waals surface area contributed by atoms with E-state index in [4.69, 9.17) is 10.5 Å². The Morgan fingerprint density at radius 2 is 1.68 bits per heavy atom. The SMILES string of the molecule is COc1cc(C)c(C(N)C(F)(F)F)cc1C(C)(C)C. The van der Waals surface area contributed by atoms with Gasteiger partial charge in [0.2, 0.25) is 0 Å². The Labute approximate surface area is 111 Å². The highest BCUT2D eigenvalue weighted by Crippen LogP contribution is 2.38. The summed E-state index contributed by atoms with van der Waals surface area (Å²) in [5.41, 5.74) is 6.29. The summed E-state index contributed by atoms with van der Waals surface area (Å²) in [5.74, 6) is 0.586. The van der Waals surface area contributed by atoms with Gasteiger partial charge in [-0.25, -0.2) is 0 Å². The number of rotatable bonds is 2. The van der Waals surface area contributed by atoms with Gasteiger partial charge in [-0.3, -0.25) is 0 Å². The molecule has 108 valence electrons. The van der Waals surface area contributed by atoms with Crippen LogP contribution in [-0.4, -0.2) is 13.3 Å². The minimum atomic E-state index is -4.45. The van der Waals surface area contributed by atoms with Crippen molar-refractivity contribution in [2.24, 2.45) is 5.73 Å². The van der Waals surface area contributed by atoms with Crippen LogP contribution in [-0.2, 0) is 5.41 Å².